The minimum absolute atomic E-state index is 0.129. The minimum Gasteiger partial charge on any atom is -0.449 e. The van der Waals surface area contributed by atoms with Gasteiger partial charge in [0.2, 0.25) is 0 Å². The van der Waals surface area contributed by atoms with Crippen LogP contribution in [0, 0.1) is 10.8 Å². The van der Waals surface area contributed by atoms with E-state index in [2.05, 4.69) is 38.3 Å². The van der Waals surface area contributed by atoms with Gasteiger partial charge in [-0.2, -0.15) is 0 Å². The number of ether oxygens (including phenoxy) is 1. The van der Waals surface area contributed by atoms with Gasteiger partial charge in [-0.05, 0) is 61.3 Å². The quantitative estimate of drug-likeness (QED) is 0.249. The Labute approximate surface area is 240 Å². The van der Waals surface area contributed by atoms with Crippen LogP contribution in [-0.4, -0.2) is 64.4 Å². The summed E-state index contributed by atoms with van der Waals surface area (Å²) >= 11 is 0. The first-order valence-electron chi connectivity index (χ1n) is 15.0. The van der Waals surface area contributed by atoms with Gasteiger partial charge in [-0.3, -0.25) is 14.9 Å². The molecular formula is C32H61N3O4. The first-order chi connectivity index (χ1) is 17.4. The Hall–Kier alpha value is -1.47. The molecule has 0 saturated carbocycles. The van der Waals surface area contributed by atoms with E-state index in [9.17, 15) is 14.4 Å². The molecule has 0 aliphatic carbocycles. The molecule has 1 amide bonds. The topological polar surface area (TPSA) is 87.7 Å². The molecule has 1 saturated heterocycles. The molecule has 2 N–H and O–H groups in total. The fourth-order valence-corrected chi connectivity index (χ4v) is 5.88. The molecule has 1 aliphatic heterocycles. The normalized spacial score (nSPS) is 17.8. The number of hydrogen-bond acceptors (Lipinski definition) is 6. The van der Waals surface area contributed by atoms with Crippen molar-refractivity contribution in [1.29, 1.82) is 0 Å². The van der Waals surface area contributed by atoms with Crippen LogP contribution in [0.25, 0.3) is 0 Å². The fourth-order valence-electron chi connectivity index (χ4n) is 5.88. The third kappa shape index (κ3) is 11.5. The van der Waals surface area contributed by atoms with E-state index in [1.54, 1.807) is 4.90 Å². The van der Waals surface area contributed by atoms with Crippen LogP contribution in [0.4, 0.5) is 4.79 Å². The lowest BCUT2D eigenvalue weighted by Crippen LogP contribution is -2.78. The predicted molar refractivity (Wildman–Crippen MR) is 161 cm³/mol. The zero-order chi connectivity index (χ0) is 30.5. The van der Waals surface area contributed by atoms with Crippen molar-refractivity contribution in [3.05, 3.63) is 0 Å². The highest BCUT2D eigenvalue weighted by Crippen LogP contribution is 2.33. The summed E-state index contributed by atoms with van der Waals surface area (Å²) in [5, 5.41) is 7.06. The van der Waals surface area contributed by atoms with Gasteiger partial charge in [-0.25, -0.2) is 4.79 Å². The molecule has 39 heavy (non-hydrogen) atoms. The average Bonchev–Trinajstić information content (AvgIpc) is 2.70. The van der Waals surface area contributed by atoms with Crippen LogP contribution in [0.15, 0.2) is 0 Å². The molecule has 0 aromatic rings. The maximum Gasteiger partial charge on any atom is 0.409 e. The third-order valence-corrected chi connectivity index (χ3v) is 7.04. The minimum atomic E-state index is -0.717. The summed E-state index contributed by atoms with van der Waals surface area (Å²) in [7, 11) is 0. The molecule has 7 heteroatoms. The second kappa shape index (κ2) is 13.0. The molecule has 1 aliphatic rings. The second-order valence-electron chi connectivity index (χ2n) is 16.2. The van der Waals surface area contributed by atoms with Gasteiger partial charge in [0.25, 0.3) is 0 Å². The first-order valence-corrected chi connectivity index (χ1v) is 15.0. The van der Waals surface area contributed by atoms with E-state index in [1.165, 1.54) is 0 Å². The molecule has 0 aromatic heterocycles. The Morgan fingerprint density at radius 1 is 0.692 bits per heavy atom. The molecule has 1 atom stereocenters. The molecule has 228 valence electrons. The van der Waals surface area contributed by atoms with E-state index in [0.717, 1.165) is 44.9 Å². The number of amides is 1. The lowest BCUT2D eigenvalue weighted by atomic mass is 9.73. The lowest BCUT2D eigenvalue weighted by molar-refractivity contribution is -0.141. The lowest BCUT2D eigenvalue weighted by Gasteiger charge is -2.53. The molecule has 1 fully saturated rings. The zero-order valence-electron chi connectivity index (χ0n) is 27.7. The number of ketones is 2. The van der Waals surface area contributed by atoms with Crippen molar-refractivity contribution in [2.45, 2.75) is 157 Å². The van der Waals surface area contributed by atoms with Crippen LogP contribution >= 0.6 is 0 Å². The van der Waals surface area contributed by atoms with Crippen molar-refractivity contribution >= 4 is 17.7 Å². The number of nitrogens with zero attached hydrogens (tertiary/aromatic N) is 1. The van der Waals surface area contributed by atoms with E-state index < -0.39 is 16.5 Å². The molecular weight excluding hydrogens is 490 g/mol. The van der Waals surface area contributed by atoms with Gasteiger partial charge in [-0.1, -0.05) is 73.6 Å². The van der Waals surface area contributed by atoms with E-state index >= 15 is 0 Å². The van der Waals surface area contributed by atoms with E-state index in [0.29, 0.717) is 19.7 Å². The number of carbonyl (C=O) groups is 3. The highest BCUT2D eigenvalue weighted by Gasteiger charge is 2.55. The summed E-state index contributed by atoms with van der Waals surface area (Å²) in [6.45, 7) is 27.4. The van der Waals surface area contributed by atoms with Crippen LogP contribution in [-0.2, 0) is 14.3 Å². The summed E-state index contributed by atoms with van der Waals surface area (Å²) in [4.78, 5) is 40.5. The highest BCUT2D eigenvalue weighted by molar-refractivity contribution is 5.95. The highest BCUT2D eigenvalue weighted by atomic mass is 16.6. The molecule has 1 rings (SSSR count). The number of likely N-dealkylation sites (tertiary alicyclic amines) is 1. The predicted octanol–water partition coefficient (Wildman–Crippen LogP) is 6.67. The Balaban J connectivity index is 2.38. The Kier molecular flexibility index (Phi) is 11.9. The van der Waals surface area contributed by atoms with Crippen molar-refractivity contribution in [2.75, 3.05) is 19.7 Å². The van der Waals surface area contributed by atoms with Crippen molar-refractivity contribution in [1.82, 2.24) is 15.5 Å². The zero-order valence-corrected chi connectivity index (χ0v) is 27.7. The molecule has 0 bridgehead atoms. The van der Waals surface area contributed by atoms with E-state index in [1.807, 2.05) is 62.3 Å². The SMILES string of the molecule is CC(C)(C)NC1(C(=O)C(C)(C)C)CN(C(=O)OCCCCCCCC[C@@](C)(NC(C)(C)C)C(=O)C(C)(C)C)C1. The standard InChI is InChI=1S/C32H61N3O4/c1-27(2,3)24(36)31(13,33-29(7,8)9)20-18-16-14-15-17-19-21-39-26(38)35-22-32(23-35,34-30(10,11)12)25(37)28(4,5)6/h33-34H,14-23H2,1-13H3/t31-/m1/s1. The number of unbranched alkanes of at least 4 members (excludes halogenated alkanes) is 5. The monoisotopic (exact) mass is 551 g/mol. The Morgan fingerprint density at radius 2 is 1.18 bits per heavy atom. The van der Waals surface area contributed by atoms with Gasteiger partial charge in [0.1, 0.15) is 5.54 Å². The molecule has 0 spiro atoms. The smallest absolute Gasteiger partial charge is 0.409 e. The number of rotatable bonds is 13. The van der Waals surface area contributed by atoms with Gasteiger partial charge in [0.15, 0.2) is 11.6 Å². The summed E-state index contributed by atoms with van der Waals surface area (Å²) < 4.78 is 5.51. The maximum atomic E-state index is 13.2. The molecule has 1 heterocycles. The summed E-state index contributed by atoms with van der Waals surface area (Å²) in [5.74, 6) is 0.398. The number of hydrogen-bond donors (Lipinski definition) is 2. The van der Waals surface area contributed by atoms with Gasteiger partial charge in [0.05, 0.1) is 25.2 Å². The number of carbonyl (C=O) groups excluding carboxylic acids is 3. The van der Waals surface area contributed by atoms with Crippen LogP contribution in [0.1, 0.15) is 135 Å². The van der Waals surface area contributed by atoms with Gasteiger partial charge < -0.3 is 15.0 Å². The summed E-state index contributed by atoms with van der Waals surface area (Å²) in [6, 6.07) is 0. The molecule has 0 aromatic carbocycles. The number of Topliss-reactive ketones (excluding diaryl/α,β-unsaturated/α-hetero) is 2. The average molecular weight is 552 g/mol. The van der Waals surface area contributed by atoms with Gasteiger partial charge in [0, 0.05) is 21.9 Å². The largest absolute Gasteiger partial charge is 0.449 e. The van der Waals surface area contributed by atoms with Gasteiger partial charge >= 0.3 is 6.09 Å². The fraction of sp³-hybridized carbons (Fsp3) is 0.906. The van der Waals surface area contributed by atoms with Crippen molar-refractivity contribution in [3.63, 3.8) is 0 Å². The molecule has 0 unspecified atom stereocenters. The van der Waals surface area contributed by atoms with Crippen LogP contribution < -0.4 is 10.6 Å². The molecule has 0 radical (unpaired) electrons. The van der Waals surface area contributed by atoms with Crippen LogP contribution in [0.3, 0.4) is 0 Å². The number of nitrogens with one attached hydrogen (secondary N) is 2. The van der Waals surface area contributed by atoms with Gasteiger partial charge in [-0.15, -0.1) is 0 Å². The second-order valence-corrected chi connectivity index (χ2v) is 16.2. The summed E-state index contributed by atoms with van der Waals surface area (Å²) in [6.07, 6.45) is 6.60. The van der Waals surface area contributed by atoms with Crippen molar-refractivity contribution in [2.24, 2.45) is 10.8 Å². The summed E-state index contributed by atoms with van der Waals surface area (Å²) in [5.41, 5.74) is -2.48. The van der Waals surface area contributed by atoms with Crippen molar-refractivity contribution < 1.29 is 19.1 Å². The first kappa shape index (κ1) is 35.6. The van der Waals surface area contributed by atoms with E-state index in [-0.39, 0.29) is 34.2 Å². The van der Waals surface area contributed by atoms with Crippen LogP contribution in [0.2, 0.25) is 0 Å². The Bertz CT molecular complexity index is 833. The Morgan fingerprint density at radius 3 is 1.62 bits per heavy atom. The third-order valence-electron chi connectivity index (χ3n) is 7.04. The molecule has 7 nitrogen and oxygen atoms in total. The van der Waals surface area contributed by atoms with Crippen molar-refractivity contribution in [3.8, 4) is 0 Å². The van der Waals surface area contributed by atoms with Crippen LogP contribution in [0.5, 0.6) is 0 Å². The maximum absolute atomic E-state index is 13.2. The van der Waals surface area contributed by atoms with E-state index in [4.69, 9.17) is 4.74 Å².